The number of alkyl halides is 2. The highest BCUT2D eigenvalue weighted by molar-refractivity contribution is 5.96. The summed E-state index contributed by atoms with van der Waals surface area (Å²) in [5.41, 5.74) is 8.20. The van der Waals surface area contributed by atoms with Gasteiger partial charge in [-0.05, 0) is 49.2 Å². The molecule has 0 radical (unpaired) electrons. The molecule has 0 saturated heterocycles. The first-order valence-corrected chi connectivity index (χ1v) is 7.75. The minimum Gasteiger partial charge on any atom is -0.490 e. The number of amides is 1. The second kappa shape index (κ2) is 9.82. The SMILES string of the molecule is CCOc1cc(CNC(=O)c2cc(N)ccc2C)ccc1OC(F)F.Cl. The maximum absolute atomic E-state index is 12.4. The number of carbonyl (C=O) groups is 1. The molecule has 0 unspecified atom stereocenters. The highest BCUT2D eigenvalue weighted by atomic mass is 35.5. The zero-order valence-corrected chi connectivity index (χ0v) is 15.2. The molecule has 0 aliphatic carbocycles. The van der Waals surface area contributed by atoms with Crippen molar-refractivity contribution in [2.75, 3.05) is 12.3 Å². The molecule has 26 heavy (non-hydrogen) atoms. The Morgan fingerprint density at radius 1 is 1.19 bits per heavy atom. The van der Waals surface area contributed by atoms with Gasteiger partial charge in [-0.15, -0.1) is 12.4 Å². The van der Waals surface area contributed by atoms with Crippen LogP contribution in [-0.4, -0.2) is 19.1 Å². The third-order valence-corrected chi connectivity index (χ3v) is 3.48. The van der Waals surface area contributed by atoms with E-state index in [1.165, 1.54) is 6.07 Å². The molecular formula is C18H21ClF2N2O3. The molecule has 0 aliphatic heterocycles. The third kappa shape index (κ3) is 5.77. The number of aryl methyl sites for hydroxylation is 1. The van der Waals surface area contributed by atoms with Crippen molar-refractivity contribution in [3.8, 4) is 11.5 Å². The van der Waals surface area contributed by atoms with Crippen LogP contribution in [0.4, 0.5) is 14.5 Å². The zero-order valence-electron chi connectivity index (χ0n) is 14.4. The summed E-state index contributed by atoms with van der Waals surface area (Å²) in [7, 11) is 0. The number of nitrogens with one attached hydrogen (secondary N) is 1. The lowest BCUT2D eigenvalue weighted by atomic mass is 10.1. The van der Waals surface area contributed by atoms with Crippen LogP contribution in [0.1, 0.15) is 28.4 Å². The molecule has 0 fully saturated rings. The average molecular weight is 387 g/mol. The first kappa shape index (κ1) is 21.5. The fraction of sp³-hybridized carbons (Fsp3) is 0.278. The second-order valence-corrected chi connectivity index (χ2v) is 5.35. The molecule has 0 aromatic heterocycles. The highest BCUT2D eigenvalue weighted by Gasteiger charge is 2.13. The van der Waals surface area contributed by atoms with Gasteiger partial charge in [0.1, 0.15) is 0 Å². The number of nitrogen functional groups attached to an aromatic ring is 1. The van der Waals surface area contributed by atoms with E-state index in [0.717, 1.165) is 5.56 Å². The van der Waals surface area contributed by atoms with E-state index in [1.54, 1.807) is 37.3 Å². The Morgan fingerprint density at radius 2 is 1.92 bits per heavy atom. The predicted octanol–water partition coefficient (Wildman–Crippen LogP) is 3.93. The van der Waals surface area contributed by atoms with Crippen molar-refractivity contribution in [3.05, 3.63) is 53.1 Å². The lowest BCUT2D eigenvalue weighted by molar-refractivity contribution is -0.0514. The van der Waals surface area contributed by atoms with E-state index in [1.807, 2.05) is 6.92 Å². The second-order valence-electron chi connectivity index (χ2n) is 5.35. The maximum Gasteiger partial charge on any atom is 0.387 e. The van der Waals surface area contributed by atoms with Crippen molar-refractivity contribution in [3.63, 3.8) is 0 Å². The van der Waals surface area contributed by atoms with Crippen molar-refractivity contribution in [2.24, 2.45) is 0 Å². The van der Waals surface area contributed by atoms with E-state index >= 15 is 0 Å². The average Bonchev–Trinajstić information content (AvgIpc) is 2.56. The van der Waals surface area contributed by atoms with Crippen LogP contribution in [-0.2, 0) is 6.54 Å². The lowest BCUT2D eigenvalue weighted by Gasteiger charge is -2.13. The molecule has 1 amide bonds. The topological polar surface area (TPSA) is 73.6 Å². The van der Waals surface area contributed by atoms with Crippen LogP contribution in [0.3, 0.4) is 0 Å². The number of hydrogen-bond acceptors (Lipinski definition) is 4. The third-order valence-electron chi connectivity index (χ3n) is 3.48. The fourth-order valence-corrected chi connectivity index (χ4v) is 2.29. The zero-order chi connectivity index (χ0) is 18.4. The Kier molecular flexibility index (Phi) is 8.12. The van der Waals surface area contributed by atoms with Crippen LogP contribution in [0.15, 0.2) is 36.4 Å². The minimum absolute atomic E-state index is 0. The standard InChI is InChI=1S/C18H20F2N2O3.ClH/c1-3-24-16-8-12(5-7-15(16)25-18(19)20)10-22-17(23)14-9-13(21)6-4-11(14)2;/h4-9,18H,3,10,21H2,1-2H3,(H,22,23);1H. The van der Waals surface area contributed by atoms with Gasteiger partial charge in [-0.1, -0.05) is 12.1 Å². The first-order valence-electron chi connectivity index (χ1n) is 7.75. The van der Waals surface area contributed by atoms with Gasteiger partial charge in [-0.2, -0.15) is 8.78 Å². The Hall–Kier alpha value is -2.54. The van der Waals surface area contributed by atoms with E-state index in [-0.39, 0.29) is 36.4 Å². The molecule has 2 aromatic carbocycles. The van der Waals surface area contributed by atoms with Crippen LogP contribution in [0.2, 0.25) is 0 Å². The molecule has 0 aliphatic rings. The molecule has 8 heteroatoms. The summed E-state index contributed by atoms with van der Waals surface area (Å²) in [6.07, 6.45) is 0. The minimum atomic E-state index is -2.93. The monoisotopic (exact) mass is 386 g/mol. The molecule has 2 rings (SSSR count). The smallest absolute Gasteiger partial charge is 0.387 e. The number of anilines is 1. The summed E-state index contributed by atoms with van der Waals surface area (Å²) in [6, 6.07) is 9.65. The fourth-order valence-electron chi connectivity index (χ4n) is 2.29. The van der Waals surface area contributed by atoms with Crippen molar-refractivity contribution in [1.29, 1.82) is 0 Å². The van der Waals surface area contributed by atoms with Crippen LogP contribution in [0.25, 0.3) is 0 Å². The van der Waals surface area contributed by atoms with Crippen LogP contribution < -0.4 is 20.5 Å². The van der Waals surface area contributed by atoms with E-state index in [0.29, 0.717) is 23.4 Å². The van der Waals surface area contributed by atoms with Crippen LogP contribution in [0.5, 0.6) is 11.5 Å². The summed E-state index contributed by atoms with van der Waals surface area (Å²) in [5, 5.41) is 2.77. The predicted molar refractivity (Wildman–Crippen MR) is 98.3 cm³/mol. The van der Waals surface area contributed by atoms with Gasteiger partial charge in [0, 0.05) is 17.8 Å². The molecular weight excluding hydrogens is 366 g/mol. The van der Waals surface area contributed by atoms with Gasteiger partial charge in [-0.3, -0.25) is 4.79 Å². The quantitative estimate of drug-likeness (QED) is 0.707. The molecule has 0 spiro atoms. The van der Waals surface area contributed by atoms with Crippen molar-refractivity contribution < 1.29 is 23.0 Å². The Labute approximate surface area is 156 Å². The maximum atomic E-state index is 12.4. The van der Waals surface area contributed by atoms with Crippen LogP contribution in [0, 0.1) is 6.92 Å². The molecule has 3 N–H and O–H groups in total. The van der Waals surface area contributed by atoms with Gasteiger partial charge < -0.3 is 20.5 Å². The summed E-state index contributed by atoms with van der Waals surface area (Å²) >= 11 is 0. The molecule has 142 valence electrons. The number of nitrogens with two attached hydrogens (primary N) is 1. The van der Waals surface area contributed by atoms with E-state index in [4.69, 9.17) is 10.5 Å². The molecule has 2 aromatic rings. The van der Waals surface area contributed by atoms with Gasteiger partial charge >= 0.3 is 6.61 Å². The van der Waals surface area contributed by atoms with Crippen molar-refractivity contribution >= 4 is 24.0 Å². The van der Waals surface area contributed by atoms with E-state index in [2.05, 4.69) is 10.1 Å². The summed E-state index contributed by atoms with van der Waals surface area (Å²) in [4.78, 5) is 12.3. The molecule has 0 saturated carbocycles. The Morgan fingerprint density at radius 3 is 2.58 bits per heavy atom. The number of hydrogen-bond donors (Lipinski definition) is 2. The number of ether oxygens (including phenoxy) is 2. The van der Waals surface area contributed by atoms with Gasteiger partial charge in [0.2, 0.25) is 0 Å². The molecule has 0 atom stereocenters. The molecule has 5 nitrogen and oxygen atoms in total. The first-order chi connectivity index (χ1) is 11.9. The normalized spacial score (nSPS) is 10.2. The number of halogens is 3. The molecule has 0 heterocycles. The largest absolute Gasteiger partial charge is 0.490 e. The molecule has 0 bridgehead atoms. The van der Waals surface area contributed by atoms with Gasteiger partial charge in [-0.25, -0.2) is 0 Å². The summed E-state index contributed by atoms with van der Waals surface area (Å²) < 4.78 is 34.6. The number of benzene rings is 2. The summed E-state index contributed by atoms with van der Waals surface area (Å²) in [6.45, 7) is 1.14. The van der Waals surface area contributed by atoms with E-state index < -0.39 is 6.61 Å². The van der Waals surface area contributed by atoms with Gasteiger partial charge in [0.15, 0.2) is 11.5 Å². The van der Waals surface area contributed by atoms with Crippen molar-refractivity contribution in [2.45, 2.75) is 27.0 Å². The summed E-state index contributed by atoms with van der Waals surface area (Å²) in [5.74, 6) is -0.107. The Bertz CT molecular complexity index is 757. The van der Waals surface area contributed by atoms with Gasteiger partial charge in [0.05, 0.1) is 6.61 Å². The Balaban J connectivity index is 0.00000338. The lowest BCUT2D eigenvalue weighted by Crippen LogP contribution is -2.23. The van der Waals surface area contributed by atoms with Gasteiger partial charge in [0.25, 0.3) is 5.91 Å². The van der Waals surface area contributed by atoms with Crippen molar-refractivity contribution in [1.82, 2.24) is 5.32 Å². The van der Waals surface area contributed by atoms with Crippen LogP contribution >= 0.6 is 12.4 Å². The highest BCUT2D eigenvalue weighted by Crippen LogP contribution is 2.30. The number of carbonyl (C=O) groups excluding carboxylic acids is 1. The van der Waals surface area contributed by atoms with E-state index in [9.17, 15) is 13.6 Å². The number of rotatable bonds is 7.